The lowest BCUT2D eigenvalue weighted by Crippen LogP contribution is -2.26. The van der Waals surface area contributed by atoms with Gasteiger partial charge in [0.2, 0.25) is 5.95 Å². The Kier molecular flexibility index (Phi) is 6.64. The van der Waals surface area contributed by atoms with Gasteiger partial charge in [-0.3, -0.25) is 0 Å². The molecule has 5 rings (SSSR count). The lowest BCUT2D eigenvalue weighted by Gasteiger charge is -2.22. The summed E-state index contributed by atoms with van der Waals surface area (Å²) in [7, 11) is 1.69. The topological polar surface area (TPSA) is 72.0 Å². The highest BCUT2D eigenvalue weighted by Gasteiger charge is 2.24. The second kappa shape index (κ2) is 9.96. The van der Waals surface area contributed by atoms with Crippen LogP contribution in [0.5, 0.6) is 5.75 Å². The van der Waals surface area contributed by atoms with Gasteiger partial charge in [-0.2, -0.15) is 0 Å². The molecule has 0 amide bonds. The molecule has 1 saturated heterocycles. The number of benzene rings is 1. The molecule has 1 aliphatic heterocycles. The fourth-order valence-corrected chi connectivity index (χ4v) is 5.91. The Bertz CT molecular complexity index is 1020. The maximum absolute atomic E-state index is 5.35. The van der Waals surface area contributed by atoms with Crippen LogP contribution in [0, 0.1) is 0 Å². The third-order valence-corrected chi connectivity index (χ3v) is 7.76. The molecule has 2 fully saturated rings. The standard InChI is InChI=1S/C25H31N5OS/c1-31-20-9-7-17(8-10-20)22-23(32-24(30-22)18-11-14-26-15-12-18)21-13-16-27-25(29-21)28-19-5-3-2-4-6-19/h7-10,13,16,18-19,26H,2-6,11-12,14-15H2,1H3,(H,27,28,29). The highest BCUT2D eigenvalue weighted by Crippen LogP contribution is 2.41. The second-order valence-corrected chi connectivity index (χ2v) is 9.76. The van der Waals surface area contributed by atoms with E-state index >= 15 is 0 Å². The molecule has 3 heterocycles. The predicted molar refractivity (Wildman–Crippen MR) is 130 cm³/mol. The minimum absolute atomic E-state index is 0.479. The highest BCUT2D eigenvalue weighted by atomic mass is 32.1. The largest absolute Gasteiger partial charge is 0.497 e. The zero-order valence-corrected chi connectivity index (χ0v) is 19.5. The molecule has 0 radical (unpaired) electrons. The predicted octanol–water partition coefficient (Wildman–Crippen LogP) is 5.49. The van der Waals surface area contributed by atoms with Crippen molar-refractivity contribution in [1.82, 2.24) is 20.3 Å². The molecular formula is C25H31N5OS. The number of nitrogens with one attached hydrogen (secondary N) is 2. The van der Waals surface area contributed by atoms with Crippen molar-refractivity contribution in [2.24, 2.45) is 0 Å². The summed E-state index contributed by atoms with van der Waals surface area (Å²) in [6.45, 7) is 2.11. The summed E-state index contributed by atoms with van der Waals surface area (Å²) >= 11 is 1.79. The van der Waals surface area contributed by atoms with Crippen molar-refractivity contribution in [2.45, 2.75) is 56.9 Å². The molecule has 3 aromatic rings. The van der Waals surface area contributed by atoms with Crippen molar-refractivity contribution in [2.75, 3.05) is 25.5 Å². The Morgan fingerprint density at radius 1 is 0.969 bits per heavy atom. The van der Waals surface area contributed by atoms with Gasteiger partial charge in [0.15, 0.2) is 0 Å². The van der Waals surface area contributed by atoms with Gasteiger partial charge in [-0.15, -0.1) is 11.3 Å². The minimum atomic E-state index is 0.479. The van der Waals surface area contributed by atoms with Gasteiger partial charge in [0, 0.05) is 23.7 Å². The van der Waals surface area contributed by atoms with Gasteiger partial charge in [-0.1, -0.05) is 19.3 Å². The van der Waals surface area contributed by atoms with E-state index < -0.39 is 0 Å². The van der Waals surface area contributed by atoms with E-state index in [0.29, 0.717) is 12.0 Å². The number of piperidine rings is 1. The highest BCUT2D eigenvalue weighted by molar-refractivity contribution is 7.15. The van der Waals surface area contributed by atoms with Crippen molar-refractivity contribution in [3.05, 3.63) is 41.5 Å². The van der Waals surface area contributed by atoms with Crippen LogP contribution in [0.2, 0.25) is 0 Å². The number of hydrogen-bond donors (Lipinski definition) is 2. The summed E-state index contributed by atoms with van der Waals surface area (Å²) in [6, 6.07) is 10.7. The molecule has 0 bridgehead atoms. The third-order valence-electron chi connectivity index (χ3n) is 6.52. The van der Waals surface area contributed by atoms with Gasteiger partial charge in [0.25, 0.3) is 0 Å². The van der Waals surface area contributed by atoms with E-state index in [1.165, 1.54) is 37.1 Å². The van der Waals surface area contributed by atoms with Gasteiger partial charge in [-0.05, 0) is 69.1 Å². The van der Waals surface area contributed by atoms with Gasteiger partial charge in [-0.25, -0.2) is 15.0 Å². The summed E-state index contributed by atoms with van der Waals surface area (Å²) in [5.74, 6) is 2.09. The summed E-state index contributed by atoms with van der Waals surface area (Å²) in [4.78, 5) is 15.7. The molecule has 0 unspecified atom stereocenters. The number of methoxy groups -OCH3 is 1. The Morgan fingerprint density at radius 3 is 2.50 bits per heavy atom. The number of nitrogens with zero attached hydrogens (tertiary/aromatic N) is 3. The number of anilines is 1. The Morgan fingerprint density at radius 2 is 1.75 bits per heavy atom. The van der Waals surface area contributed by atoms with E-state index in [0.717, 1.165) is 59.5 Å². The van der Waals surface area contributed by atoms with Gasteiger partial charge >= 0.3 is 0 Å². The van der Waals surface area contributed by atoms with Crippen molar-refractivity contribution in [1.29, 1.82) is 0 Å². The van der Waals surface area contributed by atoms with E-state index in [1.807, 2.05) is 24.4 Å². The quantitative estimate of drug-likeness (QED) is 0.519. The summed E-state index contributed by atoms with van der Waals surface area (Å²) in [5.41, 5.74) is 3.05. The molecule has 2 N–H and O–H groups in total. The molecular weight excluding hydrogens is 418 g/mol. The fraction of sp³-hybridized carbons (Fsp3) is 0.480. The molecule has 0 atom stereocenters. The molecule has 0 spiro atoms. The summed E-state index contributed by atoms with van der Waals surface area (Å²) in [5, 5.41) is 8.25. The molecule has 2 aromatic heterocycles. The smallest absolute Gasteiger partial charge is 0.223 e. The maximum Gasteiger partial charge on any atom is 0.223 e. The van der Waals surface area contributed by atoms with Crippen molar-refractivity contribution in [3.8, 4) is 27.6 Å². The third kappa shape index (κ3) is 4.79. The summed E-state index contributed by atoms with van der Waals surface area (Å²) < 4.78 is 5.35. The Hall–Kier alpha value is -2.51. The number of hydrogen-bond acceptors (Lipinski definition) is 7. The van der Waals surface area contributed by atoms with Crippen LogP contribution in [0.3, 0.4) is 0 Å². The number of aromatic nitrogens is 3. The van der Waals surface area contributed by atoms with Crippen molar-refractivity contribution < 1.29 is 4.74 Å². The van der Waals surface area contributed by atoms with E-state index in [1.54, 1.807) is 18.4 Å². The first-order valence-electron chi connectivity index (χ1n) is 11.8. The summed E-state index contributed by atoms with van der Waals surface area (Å²) in [6.07, 6.45) is 10.4. The van der Waals surface area contributed by atoms with Gasteiger partial charge < -0.3 is 15.4 Å². The lowest BCUT2D eigenvalue weighted by atomic mass is 9.96. The Balaban J connectivity index is 1.49. The molecule has 2 aliphatic rings. The van der Waals surface area contributed by atoms with Crippen LogP contribution >= 0.6 is 11.3 Å². The first-order valence-corrected chi connectivity index (χ1v) is 12.6. The van der Waals surface area contributed by atoms with Crippen molar-refractivity contribution in [3.63, 3.8) is 0 Å². The van der Waals surface area contributed by atoms with Crippen LogP contribution in [0.25, 0.3) is 21.8 Å². The maximum atomic E-state index is 5.35. The monoisotopic (exact) mass is 449 g/mol. The van der Waals surface area contributed by atoms with Crippen molar-refractivity contribution >= 4 is 17.3 Å². The normalized spacial score (nSPS) is 17.9. The van der Waals surface area contributed by atoms with Gasteiger partial charge in [0.1, 0.15) is 5.75 Å². The van der Waals surface area contributed by atoms with Crippen LogP contribution in [0.15, 0.2) is 36.5 Å². The van der Waals surface area contributed by atoms with E-state index in [4.69, 9.17) is 14.7 Å². The fourth-order valence-electron chi connectivity index (χ4n) is 4.68. The van der Waals surface area contributed by atoms with Crippen LogP contribution in [-0.2, 0) is 0 Å². The lowest BCUT2D eigenvalue weighted by molar-refractivity contribution is 0.415. The number of ether oxygens (including phenoxy) is 1. The average Bonchev–Trinajstić information content (AvgIpc) is 3.31. The number of thiazole rings is 1. The number of rotatable bonds is 6. The van der Waals surface area contributed by atoms with Crippen LogP contribution in [0.4, 0.5) is 5.95 Å². The van der Waals surface area contributed by atoms with E-state index in [2.05, 4.69) is 27.8 Å². The van der Waals surface area contributed by atoms with Crippen LogP contribution in [-0.4, -0.2) is 41.2 Å². The molecule has 1 saturated carbocycles. The van der Waals surface area contributed by atoms with Crippen LogP contribution < -0.4 is 15.4 Å². The molecule has 1 aromatic carbocycles. The molecule has 7 heteroatoms. The SMILES string of the molecule is COc1ccc(-c2nc(C3CCNCC3)sc2-c2ccnc(NC3CCCCC3)n2)cc1. The molecule has 168 valence electrons. The average molecular weight is 450 g/mol. The van der Waals surface area contributed by atoms with Gasteiger partial charge in [0.05, 0.1) is 28.4 Å². The van der Waals surface area contributed by atoms with E-state index in [9.17, 15) is 0 Å². The second-order valence-electron chi connectivity index (χ2n) is 8.73. The zero-order chi connectivity index (χ0) is 21.8. The van der Waals surface area contributed by atoms with E-state index in [-0.39, 0.29) is 0 Å². The minimum Gasteiger partial charge on any atom is -0.497 e. The first kappa shape index (κ1) is 21.3. The first-order chi connectivity index (χ1) is 15.8. The van der Waals surface area contributed by atoms with Crippen LogP contribution in [0.1, 0.15) is 55.9 Å². The molecule has 32 heavy (non-hydrogen) atoms. The zero-order valence-electron chi connectivity index (χ0n) is 18.6. The Labute approximate surface area is 193 Å². The molecule has 6 nitrogen and oxygen atoms in total. The molecule has 1 aliphatic carbocycles.